The highest BCUT2D eigenvalue weighted by Gasteiger charge is 2.24. The van der Waals surface area contributed by atoms with Crippen molar-refractivity contribution < 1.29 is 23.9 Å². The number of nitrogens with one attached hydrogen (secondary N) is 1. The summed E-state index contributed by atoms with van der Waals surface area (Å²) in [6.45, 7) is 1.03. The molecule has 0 bridgehead atoms. The maximum absolute atomic E-state index is 12.0. The van der Waals surface area contributed by atoms with Crippen LogP contribution in [0.3, 0.4) is 0 Å². The quantitative estimate of drug-likeness (QED) is 0.629. The Kier molecular flexibility index (Phi) is 5.67. The van der Waals surface area contributed by atoms with Gasteiger partial charge in [0.25, 0.3) is 0 Å². The molecular weight excluding hydrogens is 364 g/mol. The zero-order valence-corrected chi connectivity index (χ0v) is 14.3. The number of carbonyl (C=O) groups is 1. The van der Waals surface area contributed by atoms with Crippen LogP contribution >= 0.6 is 11.6 Å². The molecule has 0 aliphatic carbocycles. The first-order valence-electron chi connectivity index (χ1n) is 7.79. The minimum atomic E-state index is -0.853. The topological polar surface area (TPSA) is 99.9 Å². The summed E-state index contributed by atoms with van der Waals surface area (Å²) in [7, 11) is 0. The van der Waals surface area contributed by atoms with Crippen molar-refractivity contribution in [2.24, 2.45) is 0 Å². The average molecular weight is 379 g/mol. The standard InChI is InChI=1S/C17H15ClN2O6/c18-12-3-5-13(6-4-12)19-17(21)26-15-7-2-11(10-14(15)20(22)23)16-24-8-1-9-25-16/h2-7,10,16H,1,8-9H2,(H,19,21). The summed E-state index contributed by atoms with van der Waals surface area (Å²) in [4.78, 5) is 22.7. The Balaban J connectivity index is 1.74. The Hall–Kier alpha value is -2.68. The van der Waals surface area contributed by atoms with E-state index in [1.165, 1.54) is 12.1 Å². The third kappa shape index (κ3) is 4.48. The van der Waals surface area contributed by atoms with Crippen molar-refractivity contribution in [2.45, 2.75) is 12.7 Å². The Morgan fingerprint density at radius 3 is 2.54 bits per heavy atom. The van der Waals surface area contributed by atoms with Gasteiger partial charge in [0.2, 0.25) is 5.75 Å². The molecule has 1 aliphatic heterocycles. The molecule has 1 amide bonds. The lowest BCUT2D eigenvalue weighted by molar-refractivity contribution is -0.385. The van der Waals surface area contributed by atoms with Crippen LogP contribution in [0.25, 0.3) is 0 Å². The van der Waals surface area contributed by atoms with Gasteiger partial charge in [0.15, 0.2) is 6.29 Å². The van der Waals surface area contributed by atoms with Crippen LogP contribution in [0.5, 0.6) is 5.75 Å². The number of amides is 1. The van der Waals surface area contributed by atoms with E-state index in [4.69, 9.17) is 25.8 Å². The van der Waals surface area contributed by atoms with Crippen LogP contribution in [0.1, 0.15) is 18.3 Å². The molecule has 0 aromatic heterocycles. The van der Waals surface area contributed by atoms with E-state index in [-0.39, 0.29) is 11.4 Å². The summed E-state index contributed by atoms with van der Waals surface area (Å²) in [5.74, 6) is -0.180. The largest absolute Gasteiger partial charge is 0.417 e. The van der Waals surface area contributed by atoms with E-state index in [1.54, 1.807) is 30.3 Å². The third-order valence-corrected chi connectivity index (χ3v) is 3.82. The molecule has 0 atom stereocenters. The first kappa shape index (κ1) is 18.1. The first-order valence-corrected chi connectivity index (χ1v) is 8.16. The highest BCUT2D eigenvalue weighted by atomic mass is 35.5. The molecule has 136 valence electrons. The highest BCUT2D eigenvalue weighted by molar-refractivity contribution is 6.30. The van der Waals surface area contributed by atoms with Crippen LogP contribution in [0, 0.1) is 10.1 Å². The normalized spacial score (nSPS) is 14.7. The minimum absolute atomic E-state index is 0.180. The fourth-order valence-corrected chi connectivity index (χ4v) is 2.49. The second kappa shape index (κ2) is 8.13. The van der Waals surface area contributed by atoms with Gasteiger partial charge in [-0.15, -0.1) is 0 Å². The lowest BCUT2D eigenvalue weighted by Gasteiger charge is -2.23. The van der Waals surface area contributed by atoms with Gasteiger partial charge in [-0.3, -0.25) is 15.4 Å². The summed E-state index contributed by atoms with van der Waals surface area (Å²) in [6, 6.07) is 10.5. The summed E-state index contributed by atoms with van der Waals surface area (Å²) < 4.78 is 15.9. The van der Waals surface area contributed by atoms with Gasteiger partial charge in [-0.05, 0) is 42.8 Å². The number of rotatable bonds is 4. The van der Waals surface area contributed by atoms with Crippen molar-refractivity contribution in [3.63, 3.8) is 0 Å². The van der Waals surface area contributed by atoms with Crippen LogP contribution < -0.4 is 10.1 Å². The Bertz CT molecular complexity index is 805. The summed E-state index contributed by atoms with van der Waals surface area (Å²) in [6.07, 6.45) is -0.752. The van der Waals surface area contributed by atoms with Crippen LogP contribution in [-0.4, -0.2) is 24.2 Å². The molecule has 0 saturated carbocycles. The van der Waals surface area contributed by atoms with Gasteiger partial charge < -0.3 is 14.2 Å². The third-order valence-electron chi connectivity index (χ3n) is 3.57. The Morgan fingerprint density at radius 1 is 1.19 bits per heavy atom. The van der Waals surface area contributed by atoms with E-state index in [0.29, 0.717) is 29.5 Å². The van der Waals surface area contributed by atoms with Crippen molar-refractivity contribution in [3.05, 3.63) is 63.2 Å². The number of hydrogen-bond donors (Lipinski definition) is 1. The summed E-state index contributed by atoms with van der Waals surface area (Å²) in [5, 5.41) is 14.3. The van der Waals surface area contributed by atoms with Crippen LogP contribution in [0.2, 0.25) is 5.02 Å². The minimum Gasteiger partial charge on any atom is -0.403 e. The molecule has 26 heavy (non-hydrogen) atoms. The SMILES string of the molecule is O=C(Nc1ccc(Cl)cc1)Oc1ccc(C2OCCCO2)cc1[N+](=O)[O-]. The molecule has 0 radical (unpaired) electrons. The Labute approximate surface area is 153 Å². The fraction of sp³-hybridized carbons (Fsp3) is 0.235. The molecule has 2 aromatic rings. The van der Waals surface area contributed by atoms with E-state index in [9.17, 15) is 14.9 Å². The molecule has 1 saturated heterocycles. The smallest absolute Gasteiger partial charge is 0.403 e. The average Bonchev–Trinajstić information content (AvgIpc) is 2.64. The molecular formula is C17H15ClN2O6. The molecule has 3 rings (SSSR count). The lowest BCUT2D eigenvalue weighted by Crippen LogP contribution is -2.19. The second-order valence-corrected chi connectivity index (χ2v) is 5.87. The summed E-state index contributed by atoms with van der Waals surface area (Å²) >= 11 is 5.77. The number of ether oxygens (including phenoxy) is 3. The van der Waals surface area contributed by atoms with Gasteiger partial charge in [-0.25, -0.2) is 4.79 Å². The molecule has 1 fully saturated rings. The fourth-order valence-electron chi connectivity index (χ4n) is 2.37. The van der Waals surface area contributed by atoms with Crippen LogP contribution in [-0.2, 0) is 9.47 Å². The predicted octanol–water partition coefficient (Wildman–Crippen LogP) is 4.29. The monoisotopic (exact) mass is 378 g/mol. The molecule has 1 N–H and O–H groups in total. The number of benzene rings is 2. The van der Waals surface area contributed by atoms with E-state index >= 15 is 0 Å². The van der Waals surface area contributed by atoms with Crippen molar-refractivity contribution in [2.75, 3.05) is 18.5 Å². The van der Waals surface area contributed by atoms with Gasteiger partial charge in [-0.1, -0.05) is 11.6 Å². The van der Waals surface area contributed by atoms with Gasteiger partial charge >= 0.3 is 11.8 Å². The van der Waals surface area contributed by atoms with Crippen LogP contribution in [0.4, 0.5) is 16.2 Å². The van der Waals surface area contributed by atoms with Gasteiger partial charge in [0, 0.05) is 22.3 Å². The van der Waals surface area contributed by atoms with E-state index in [1.807, 2.05) is 0 Å². The number of nitro benzene ring substituents is 1. The number of halogens is 1. The lowest BCUT2D eigenvalue weighted by atomic mass is 10.1. The number of hydrogen-bond acceptors (Lipinski definition) is 6. The van der Waals surface area contributed by atoms with Crippen molar-refractivity contribution in [1.29, 1.82) is 0 Å². The number of anilines is 1. The maximum atomic E-state index is 12.0. The summed E-state index contributed by atoms with van der Waals surface area (Å²) in [5.41, 5.74) is 0.580. The molecule has 0 spiro atoms. The second-order valence-electron chi connectivity index (χ2n) is 5.43. The van der Waals surface area contributed by atoms with E-state index < -0.39 is 17.3 Å². The van der Waals surface area contributed by atoms with Crippen LogP contribution in [0.15, 0.2) is 42.5 Å². The van der Waals surface area contributed by atoms with Gasteiger partial charge in [-0.2, -0.15) is 0 Å². The molecule has 8 nitrogen and oxygen atoms in total. The van der Waals surface area contributed by atoms with E-state index in [0.717, 1.165) is 6.42 Å². The first-order chi connectivity index (χ1) is 12.5. The zero-order valence-electron chi connectivity index (χ0n) is 13.5. The zero-order chi connectivity index (χ0) is 18.5. The highest BCUT2D eigenvalue weighted by Crippen LogP contribution is 2.33. The number of carbonyl (C=O) groups excluding carboxylic acids is 1. The van der Waals surface area contributed by atoms with Crippen molar-refractivity contribution >= 4 is 29.1 Å². The number of nitro groups is 1. The number of nitrogens with zero attached hydrogens (tertiary/aromatic N) is 1. The van der Waals surface area contributed by atoms with Gasteiger partial charge in [0.05, 0.1) is 18.1 Å². The molecule has 1 heterocycles. The van der Waals surface area contributed by atoms with Gasteiger partial charge in [0.1, 0.15) is 0 Å². The molecule has 2 aromatic carbocycles. The predicted molar refractivity (Wildman–Crippen MR) is 93.5 cm³/mol. The molecule has 1 aliphatic rings. The van der Waals surface area contributed by atoms with Crippen molar-refractivity contribution in [3.8, 4) is 5.75 Å². The van der Waals surface area contributed by atoms with Crippen molar-refractivity contribution in [1.82, 2.24) is 0 Å². The van der Waals surface area contributed by atoms with E-state index in [2.05, 4.69) is 5.32 Å². The molecule has 9 heteroatoms. The molecule has 0 unspecified atom stereocenters. The maximum Gasteiger partial charge on any atom is 0.417 e. The Morgan fingerprint density at radius 2 is 1.88 bits per heavy atom.